The van der Waals surface area contributed by atoms with Gasteiger partial charge in [0.2, 0.25) is 0 Å². The highest BCUT2D eigenvalue weighted by Crippen LogP contribution is 2.25. The van der Waals surface area contributed by atoms with E-state index in [2.05, 4.69) is 19.9 Å². The summed E-state index contributed by atoms with van der Waals surface area (Å²) in [5.74, 6) is 0.630. The van der Waals surface area contributed by atoms with E-state index in [1.807, 2.05) is 72.5 Å². The SMILES string of the molecule is CCCCCCN(C(=O)c1ccc2ccccc2c1)C(C)c1nc2ccccc2c(=O)n1CCC. The largest absolute Gasteiger partial charge is 0.329 e. The van der Waals surface area contributed by atoms with Crippen LogP contribution in [0.3, 0.4) is 0 Å². The van der Waals surface area contributed by atoms with Crippen molar-refractivity contribution >= 4 is 27.6 Å². The third-order valence-corrected chi connectivity index (χ3v) is 6.69. The van der Waals surface area contributed by atoms with Gasteiger partial charge in [-0.05, 0) is 54.8 Å². The third-order valence-electron chi connectivity index (χ3n) is 6.69. The second kappa shape index (κ2) is 11.3. The average Bonchev–Trinajstić information content (AvgIpc) is 2.89. The van der Waals surface area contributed by atoms with Gasteiger partial charge in [-0.25, -0.2) is 4.98 Å². The number of rotatable bonds is 10. The Kier molecular flexibility index (Phi) is 7.96. The number of amides is 1. The number of fused-ring (bicyclic) bond motifs is 2. The van der Waals surface area contributed by atoms with Gasteiger partial charge in [0, 0.05) is 18.7 Å². The fourth-order valence-electron chi connectivity index (χ4n) is 4.75. The van der Waals surface area contributed by atoms with Gasteiger partial charge < -0.3 is 4.90 Å². The topological polar surface area (TPSA) is 55.2 Å². The number of benzene rings is 3. The molecule has 182 valence electrons. The van der Waals surface area contributed by atoms with Gasteiger partial charge >= 0.3 is 0 Å². The Labute approximate surface area is 207 Å². The highest BCUT2D eigenvalue weighted by molar-refractivity contribution is 5.98. The Morgan fingerprint density at radius 1 is 0.914 bits per heavy atom. The zero-order chi connectivity index (χ0) is 24.8. The van der Waals surface area contributed by atoms with Crippen LogP contribution in [0.1, 0.15) is 75.1 Å². The smallest absolute Gasteiger partial charge is 0.261 e. The van der Waals surface area contributed by atoms with Crippen LogP contribution in [-0.2, 0) is 6.54 Å². The molecule has 0 saturated heterocycles. The first kappa shape index (κ1) is 24.6. The van der Waals surface area contributed by atoms with E-state index in [0.717, 1.165) is 42.9 Å². The molecule has 0 N–H and O–H groups in total. The molecule has 0 radical (unpaired) electrons. The lowest BCUT2D eigenvalue weighted by molar-refractivity contribution is 0.0675. The fourth-order valence-corrected chi connectivity index (χ4v) is 4.75. The Bertz CT molecular complexity index is 1380. The molecular formula is C30H35N3O2. The number of hydrogen-bond donors (Lipinski definition) is 0. The van der Waals surface area contributed by atoms with Crippen LogP contribution in [0.2, 0.25) is 0 Å². The summed E-state index contributed by atoms with van der Waals surface area (Å²) in [5.41, 5.74) is 1.30. The molecular weight excluding hydrogens is 434 g/mol. The highest BCUT2D eigenvalue weighted by atomic mass is 16.2. The molecule has 0 aliphatic rings. The number of para-hydroxylation sites is 1. The molecule has 4 aromatic rings. The van der Waals surface area contributed by atoms with E-state index in [9.17, 15) is 9.59 Å². The lowest BCUT2D eigenvalue weighted by atomic mass is 10.0. The van der Waals surface area contributed by atoms with Crippen LogP contribution in [0.15, 0.2) is 71.5 Å². The number of aromatic nitrogens is 2. The molecule has 3 aromatic carbocycles. The molecule has 0 aliphatic carbocycles. The van der Waals surface area contributed by atoms with E-state index in [1.54, 1.807) is 4.57 Å². The van der Waals surface area contributed by atoms with Gasteiger partial charge in [0.1, 0.15) is 5.82 Å². The van der Waals surface area contributed by atoms with Crippen LogP contribution in [0.25, 0.3) is 21.7 Å². The van der Waals surface area contributed by atoms with Crippen molar-refractivity contribution in [3.63, 3.8) is 0 Å². The third kappa shape index (κ3) is 5.29. The van der Waals surface area contributed by atoms with Crippen molar-refractivity contribution < 1.29 is 4.79 Å². The molecule has 0 spiro atoms. The van der Waals surface area contributed by atoms with Crippen LogP contribution in [0.5, 0.6) is 0 Å². The molecule has 0 aliphatic heterocycles. The first-order chi connectivity index (χ1) is 17.0. The zero-order valence-electron chi connectivity index (χ0n) is 21.0. The molecule has 1 heterocycles. The lowest BCUT2D eigenvalue weighted by Crippen LogP contribution is -2.38. The molecule has 0 bridgehead atoms. The average molecular weight is 470 g/mol. The predicted octanol–water partition coefficient (Wildman–Crippen LogP) is 6.74. The predicted molar refractivity (Wildman–Crippen MR) is 144 cm³/mol. The maximum Gasteiger partial charge on any atom is 0.261 e. The maximum atomic E-state index is 13.9. The summed E-state index contributed by atoms with van der Waals surface area (Å²) in [7, 11) is 0. The van der Waals surface area contributed by atoms with Crippen LogP contribution in [-0.4, -0.2) is 26.9 Å². The van der Waals surface area contributed by atoms with Gasteiger partial charge in [0.25, 0.3) is 11.5 Å². The van der Waals surface area contributed by atoms with Crippen molar-refractivity contribution in [1.29, 1.82) is 0 Å². The van der Waals surface area contributed by atoms with Crippen molar-refractivity contribution in [1.82, 2.24) is 14.5 Å². The second-order valence-corrected chi connectivity index (χ2v) is 9.24. The normalized spacial score (nSPS) is 12.2. The van der Waals surface area contributed by atoms with Gasteiger partial charge in [-0.15, -0.1) is 0 Å². The molecule has 35 heavy (non-hydrogen) atoms. The highest BCUT2D eigenvalue weighted by Gasteiger charge is 2.27. The second-order valence-electron chi connectivity index (χ2n) is 9.24. The Morgan fingerprint density at radius 2 is 1.66 bits per heavy atom. The molecule has 1 atom stereocenters. The first-order valence-corrected chi connectivity index (χ1v) is 12.8. The molecule has 1 aromatic heterocycles. The molecule has 1 unspecified atom stereocenters. The molecule has 4 rings (SSSR count). The fraction of sp³-hybridized carbons (Fsp3) is 0.367. The number of hydrogen-bond acceptors (Lipinski definition) is 3. The molecule has 1 amide bonds. The maximum absolute atomic E-state index is 13.9. The first-order valence-electron chi connectivity index (χ1n) is 12.8. The number of unbranched alkanes of at least 4 members (excludes halogenated alkanes) is 3. The molecule has 0 saturated carbocycles. The van der Waals surface area contributed by atoms with E-state index >= 15 is 0 Å². The van der Waals surface area contributed by atoms with Crippen molar-refractivity contribution in [2.24, 2.45) is 0 Å². The Morgan fingerprint density at radius 3 is 2.43 bits per heavy atom. The molecule has 5 nitrogen and oxygen atoms in total. The monoisotopic (exact) mass is 469 g/mol. The van der Waals surface area contributed by atoms with E-state index in [1.165, 1.54) is 0 Å². The summed E-state index contributed by atoms with van der Waals surface area (Å²) < 4.78 is 1.76. The molecule has 5 heteroatoms. The summed E-state index contributed by atoms with van der Waals surface area (Å²) in [6.45, 7) is 7.44. The van der Waals surface area contributed by atoms with Gasteiger partial charge in [-0.2, -0.15) is 0 Å². The summed E-state index contributed by atoms with van der Waals surface area (Å²) in [4.78, 5) is 34.1. The van der Waals surface area contributed by atoms with Crippen molar-refractivity contribution in [3.05, 3.63) is 88.5 Å². The number of carbonyl (C=O) groups excluding carboxylic acids is 1. The summed E-state index contributed by atoms with van der Waals surface area (Å²) >= 11 is 0. The minimum atomic E-state index is -0.334. The van der Waals surface area contributed by atoms with E-state index in [4.69, 9.17) is 4.98 Å². The van der Waals surface area contributed by atoms with Crippen molar-refractivity contribution in [3.8, 4) is 0 Å². The van der Waals surface area contributed by atoms with Crippen LogP contribution in [0, 0.1) is 0 Å². The van der Waals surface area contributed by atoms with Crippen LogP contribution in [0.4, 0.5) is 0 Å². The summed E-state index contributed by atoms with van der Waals surface area (Å²) in [6, 6.07) is 21.1. The Hall–Kier alpha value is -3.47. The minimum absolute atomic E-state index is 0.0230. The summed E-state index contributed by atoms with van der Waals surface area (Å²) in [5, 5.41) is 2.77. The van der Waals surface area contributed by atoms with Crippen LogP contribution < -0.4 is 5.56 Å². The van der Waals surface area contributed by atoms with Gasteiger partial charge in [0.05, 0.1) is 16.9 Å². The summed E-state index contributed by atoms with van der Waals surface area (Å²) in [6.07, 6.45) is 5.08. The number of nitrogens with zero attached hydrogens (tertiary/aromatic N) is 3. The van der Waals surface area contributed by atoms with Gasteiger partial charge in [-0.3, -0.25) is 14.2 Å². The van der Waals surface area contributed by atoms with Gasteiger partial charge in [-0.1, -0.05) is 75.6 Å². The Balaban J connectivity index is 1.76. The zero-order valence-corrected chi connectivity index (χ0v) is 21.0. The van der Waals surface area contributed by atoms with Crippen molar-refractivity contribution in [2.45, 2.75) is 65.5 Å². The molecule has 0 fully saturated rings. The van der Waals surface area contributed by atoms with E-state index in [0.29, 0.717) is 35.4 Å². The van der Waals surface area contributed by atoms with E-state index in [-0.39, 0.29) is 17.5 Å². The number of carbonyl (C=O) groups is 1. The van der Waals surface area contributed by atoms with Crippen LogP contribution >= 0.6 is 0 Å². The van der Waals surface area contributed by atoms with Gasteiger partial charge in [0.15, 0.2) is 0 Å². The van der Waals surface area contributed by atoms with Crippen molar-refractivity contribution in [2.75, 3.05) is 6.54 Å². The standard InChI is InChI=1S/C30H35N3O2/c1-4-6-7-12-20-32(29(34)25-18-17-23-13-8-9-14-24(23)21-25)22(3)28-31-27-16-11-10-15-26(27)30(35)33(28)19-5-2/h8-11,13-18,21-22H,4-7,12,19-20H2,1-3H3. The minimum Gasteiger partial charge on any atom is -0.329 e. The quantitative estimate of drug-likeness (QED) is 0.242. The van der Waals surface area contributed by atoms with E-state index < -0.39 is 0 Å². The lowest BCUT2D eigenvalue weighted by Gasteiger charge is -2.31.